The van der Waals surface area contributed by atoms with Gasteiger partial charge in [-0.3, -0.25) is 9.20 Å². The molecule has 0 radical (unpaired) electrons. The summed E-state index contributed by atoms with van der Waals surface area (Å²) in [6.45, 7) is 3.58. The molecule has 1 amide bonds. The topological polar surface area (TPSA) is 63.6 Å². The smallest absolute Gasteiger partial charge is 0.255 e. The largest absolute Gasteiger partial charge is 0.383 e. The lowest BCUT2D eigenvalue weighted by atomic mass is 10.1. The first kappa shape index (κ1) is 12.0. The molecule has 100 valence electrons. The summed E-state index contributed by atoms with van der Waals surface area (Å²) in [5, 5.41) is 0. The average Bonchev–Trinajstić information content (AvgIpc) is 2.74. The molecule has 2 aromatic rings. The van der Waals surface area contributed by atoms with Crippen LogP contribution in [0.3, 0.4) is 0 Å². The van der Waals surface area contributed by atoms with E-state index < -0.39 is 0 Å². The van der Waals surface area contributed by atoms with Gasteiger partial charge in [-0.05, 0) is 38.3 Å². The van der Waals surface area contributed by atoms with E-state index in [-0.39, 0.29) is 5.91 Å². The van der Waals surface area contributed by atoms with Gasteiger partial charge in [-0.2, -0.15) is 0 Å². The number of likely N-dealkylation sites (tertiary alicyclic amines) is 1. The van der Waals surface area contributed by atoms with Crippen molar-refractivity contribution in [1.29, 1.82) is 0 Å². The molecule has 2 N–H and O–H groups in total. The Morgan fingerprint density at radius 1 is 1.26 bits per heavy atom. The third-order valence-corrected chi connectivity index (χ3v) is 3.73. The van der Waals surface area contributed by atoms with Crippen LogP contribution in [0.2, 0.25) is 0 Å². The first-order valence-corrected chi connectivity index (χ1v) is 6.70. The highest BCUT2D eigenvalue weighted by molar-refractivity contribution is 5.94. The molecule has 5 nitrogen and oxygen atoms in total. The Hall–Kier alpha value is -2.04. The Morgan fingerprint density at radius 3 is 2.74 bits per heavy atom. The van der Waals surface area contributed by atoms with Crippen LogP contribution in [0.1, 0.15) is 35.3 Å². The highest BCUT2D eigenvalue weighted by Crippen LogP contribution is 2.17. The van der Waals surface area contributed by atoms with E-state index in [9.17, 15) is 4.79 Å². The highest BCUT2D eigenvalue weighted by Gasteiger charge is 2.19. The maximum atomic E-state index is 12.4. The second-order valence-electron chi connectivity index (χ2n) is 5.08. The van der Waals surface area contributed by atoms with E-state index in [4.69, 9.17) is 5.73 Å². The number of carbonyl (C=O) groups excluding carboxylic acids is 1. The predicted octanol–water partition coefficient (Wildman–Crippen LogP) is 1.85. The molecule has 2 aromatic heterocycles. The second kappa shape index (κ2) is 4.57. The number of aryl methyl sites for hydroxylation is 1. The van der Waals surface area contributed by atoms with Gasteiger partial charge in [-0.25, -0.2) is 4.98 Å². The fraction of sp³-hybridized carbons (Fsp3) is 0.429. The van der Waals surface area contributed by atoms with Gasteiger partial charge < -0.3 is 10.6 Å². The quantitative estimate of drug-likeness (QED) is 0.849. The molecule has 0 saturated carbocycles. The second-order valence-corrected chi connectivity index (χ2v) is 5.08. The number of nitrogen functional groups attached to an aromatic ring is 1. The van der Waals surface area contributed by atoms with Crippen LogP contribution >= 0.6 is 0 Å². The number of fused-ring (bicyclic) bond motifs is 1. The summed E-state index contributed by atoms with van der Waals surface area (Å²) in [5.74, 6) is 0.690. The van der Waals surface area contributed by atoms with Gasteiger partial charge in [0.15, 0.2) is 0 Å². The molecule has 0 unspecified atom stereocenters. The number of imidazole rings is 1. The normalized spacial score (nSPS) is 15.9. The molecule has 19 heavy (non-hydrogen) atoms. The number of amides is 1. The number of hydrogen-bond acceptors (Lipinski definition) is 3. The summed E-state index contributed by atoms with van der Waals surface area (Å²) in [6, 6.07) is 3.68. The minimum absolute atomic E-state index is 0.0901. The van der Waals surface area contributed by atoms with E-state index >= 15 is 0 Å². The van der Waals surface area contributed by atoms with Crippen LogP contribution in [0, 0.1) is 6.92 Å². The van der Waals surface area contributed by atoms with Gasteiger partial charge in [-0.1, -0.05) is 0 Å². The SMILES string of the molecule is Cc1nc2ccc(C(=O)N3CCCCC3)cn2c1N. The lowest BCUT2D eigenvalue weighted by molar-refractivity contribution is 0.0724. The van der Waals surface area contributed by atoms with E-state index in [0.717, 1.165) is 37.3 Å². The first-order valence-electron chi connectivity index (χ1n) is 6.70. The minimum atomic E-state index is 0.0901. The van der Waals surface area contributed by atoms with E-state index in [1.165, 1.54) is 6.42 Å². The lowest BCUT2D eigenvalue weighted by Gasteiger charge is -2.26. The van der Waals surface area contributed by atoms with Gasteiger partial charge in [0.05, 0.1) is 11.3 Å². The van der Waals surface area contributed by atoms with Crippen molar-refractivity contribution in [2.45, 2.75) is 26.2 Å². The van der Waals surface area contributed by atoms with Gasteiger partial charge in [-0.15, -0.1) is 0 Å². The van der Waals surface area contributed by atoms with Crippen LogP contribution < -0.4 is 5.73 Å². The Kier molecular flexibility index (Phi) is 2.89. The molecule has 0 bridgehead atoms. The maximum Gasteiger partial charge on any atom is 0.255 e. The molecule has 1 aliphatic heterocycles. The molecule has 3 heterocycles. The van der Waals surface area contributed by atoms with E-state index in [2.05, 4.69) is 4.98 Å². The predicted molar refractivity (Wildman–Crippen MR) is 74.1 cm³/mol. The summed E-state index contributed by atoms with van der Waals surface area (Å²) in [4.78, 5) is 18.7. The number of aromatic nitrogens is 2. The molecule has 1 fully saturated rings. The molecule has 0 spiro atoms. The van der Waals surface area contributed by atoms with Crippen LogP contribution in [-0.2, 0) is 0 Å². The number of piperidine rings is 1. The van der Waals surface area contributed by atoms with E-state index in [1.54, 1.807) is 10.6 Å². The molecular formula is C14H18N4O. The summed E-state index contributed by atoms with van der Waals surface area (Å²) in [6.07, 6.45) is 5.21. The maximum absolute atomic E-state index is 12.4. The van der Waals surface area contributed by atoms with Gasteiger partial charge in [0.25, 0.3) is 5.91 Å². The van der Waals surface area contributed by atoms with Gasteiger partial charge in [0, 0.05) is 19.3 Å². The van der Waals surface area contributed by atoms with Crippen molar-refractivity contribution in [3.8, 4) is 0 Å². The van der Waals surface area contributed by atoms with Crippen LogP contribution in [0.5, 0.6) is 0 Å². The van der Waals surface area contributed by atoms with Crippen molar-refractivity contribution in [2.24, 2.45) is 0 Å². The number of rotatable bonds is 1. The van der Waals surface area contributed by atoms with Crippen molar-refractivity contribution in [3.05, 3.63) is 29.6 Å². The molecular weight excluding hydrogens is 240 g/mol. The van der Waals surface area contributed by atoms with Crippen LogP contribution in [-0.4, -0.2) is 33.3 Å². The Balaban J connectivity index is 1.96. The van der Waals surface area contributed by atoms with Crippen LogP contribution in [0.4, 0.5) is 5.82 Å². The number of anilines is 1. The summed E-state index contributed by atoms with van der Waals surface area (Å²) in [7, 11) is 0. The molecule has 3 rings (SSSR count). The zero-order valence-corrected chi connectivity index (χ0v) is 11.1. The van der Waals surface area contributed by atoms with Crippen molar-refractivity contribution in [2.75, 3.05) is 18.8 Å². The Morgan fingerprint density at radius 2 is 2.00 bits per heavy atom. The third kappa shape index (κ3) is 2.05. The number of hydrogen-bond donors (Lipinski definition) is 1. The zero-order chi connectivity index (χ0) is 13.4. The number of carbonyl (C=O) groups is 1. The van der Waals surface area contributed by atoms with Crippen LogP contribution in [0.15, 0.2) is 18.3 Å². The minimum Gasteiger partial charge on any atom is -0.383 e. The summed E-state index contributed by atoms with van der Waals surface area (Å²) in [5.41, 5.74) is 8.22. The molecule has 0 atom stereocenters. The monoisotopic (exact) mass is 258 g/mol. The van der Waals surface area contributed by atoms with Crippen LogP contribution in [0.25, 0.3) is 5.65 Å². The standard InChI is InChI=1S/C14H18N4O/c1-10-13(15)18-9-11(5-6-12(18)16-10)14(19)17-7-3-2-4-8-17/h5-6,9H,2-4,7-8,15H2,1H3. The molecule has 0 aliphatic carbocycles. The Bertz CT molecular complexity index is 626. The van der Waals surface area contributed by atoms with Crippen molar-refractivity contribution < 1.29 is 4.79 Å². The van der Waals surface area contributed by atoms with Gasteiger partial charge >= 0.3 is 0 Å². The summed E-state index contributed by atoms with van der Waals surface area (Å²) >= 11 is 0. The van der Waals surface area contributed by atoms with Crippen molar-refractivity contribution >= 4 is 17.4 Å². The van der Waals surface area contributed by atoms with E-state index in [0.29, 0.717) is 11.4 Å². The fourth-order valence-corrected chi connectivity index (χ4v) is 2.59. The zero-order valence-electron chi connectivity index (χ0n) is 11.1. The first-order chi connectivity index (χ1) is 9.16. The molecule has 1 aliphatic rings. The number of nitrogens with two attached hydrogens (primary N) is 1. The molecule has 1 saturated heterocycles. The van der Waals surface area contributed by atoms with Crippen molar-refractivity contribution in [1.82, 2.24) is 14.3 Å². The molecule has 5 heteroatoms. The number of pyridine rings is 1. The van der Waals surface area contributed by atoms with Gasteiger partial charge in [0.1, 0.15) is 11.5 Å². The average molecular weight is 258 g/mol. The number of nitrogens with zero attached hydrogens (tertiary/aromatic N) is 3. The van der Waals surface area contributed by atoms with E-state index in [1.807, 2.05) is 24.0 Å². The summed E-state index contributed by atoms with van der Waals surface area (Å²) < 4.78 is 1.78. The lowest BCUT2D eigenvalue weighted by Crippen LogP contribution is -2.35. The molecule has 0 aromatic carbocycles. The Labute approximate surface area is 112 Å². The van der Waals surface area contributed by atoms with Gasteiger partial charge in [0.2, 0.25) is 0 Å². The fourth-order valence-electron chi connectivity index (χ4n) is 2.59. The third-order valence-electron chi connectivity index (χ3n) is 3.73. The van der Waals surface area contributed by atoms with Crippen molar-refractivity contribution in [3.63, 3.8) is 0 Å². The highest BCUT2D eigenvalue weighted by atomic mass is 16.2.